The molecule has 0 saturated carbocycles. The lowest BCUT2D eigenvalue weighted by Gasteiger charge is -2.12. The first-order valence-corrected chi connectivity index (χ1v) is 11.1. The number of benzene rings is 3. The Labute approximate surface area is 206 Å². The molecule has 0 fully saturated rings. The van der Waals surface area contributed by atoms with Gasteiger partial charge in [-0.3, -0.25) is 4.79 Å². The predicted molar refractivity (Wildman–Crippen MR) is 134 cm³/mol. The minimum atomic E-state index is -0.287. The number of hydrogen-bond donors (Lipinski definition) is 0. The summed E-state index contributed by atoms with van der Waals surface area (Å²) < 4.78 is 31.5. The van der Waals surface area contributed by atoms with Crippen molar-refractivity contribution < 1.29 is 33.2 Å². The number of carbonyl (C=O) groups excluding carboxylic acids is 1. The van der Waals surface area contributed by atoms with E-state index in [2.05, 4.69) is 0 Å². The number of carbonyl (C=O) groups is 1. The summed E-state index contributed by atoms with van der Waals surface area (Å²) in [4.78, 5) is 12.9. The summed E-state index contributed by atoms with van der Waals surface area (Å²) in [6.07, 6.45) is 0.581. The van der Waals surface area contributed by atoms with E-state index in [4.69, 9.17) is 28.4 Å². The highest BCUT2D eigenvalue weighted by Crippen LogP contribution is 2.42. The summed E-state index contributed by atoms with van der Waals surface area (Å²) >= 11 is 0. The molecule has 35 heavy (non-hydrogen) atoms. The van der Waals surface area contributed by atoms with E-state index in [1.54, 1.807) is 60.9 Å². The Morgan fingerprint density at radius 3 is 1.71 bits per heavy atom. The molecule has 1 atom stereocenters. The van der Waals surface area contributed by atoms with Gasteiger partial charge in [0.15, 0.2) is 5.78 Å². The normalized spacial score (nSPS) is 13.8. The number of aryl methyl sites for hydroxylation is 1. The molecule has 0 bridgehead atoms. The van der Waals surface area contributed by atoms with Gasteiger partial charge in [0.05, 0.1) is 48.6 Å². The van der Waals surface area contributed by atoms with Gasteiger partial charge in [0, 0.05) is 29.3 Å². The van der Waals surface area contributed by atoms with E-state index in [-0.39, 0.29) is 11.7 Å². The summed E-state index contributed by atoms with van der Waals surface area (Å²) in [5.74, 6) is 4.08. The zero-order chi connectivity index (χ0) is 25.5. The maximum Gasteiger partial charge on any atom is 0.171 e. The van der Waals surface area contributed by atoms with Crippen LogP contribution in [0.2, 0.25) is 0 Å². The van der Waals surface area contributed by atoms with E-state index in [1.165, 1.54) is 0 Å². The summed E-state index contributed by atoms with van der Waals surface area (Å²) in [5.41, 5.74) is 3.55. The molecule has 0 unspecified atom stereocenters. The first-order chi connectivity index (χ1) is 16.9. The van der Waals surface area contributed by atoms with Gasteiger partial charge in [-0.05, 0) is 48.7 Å². The highest BCUT2D eigenvalue weighted by Gasteiger charge is 2.35. The van der Waals surface area contributed by atoms with Gasteiger partial charge < -0.3 is 28.4 Å². The van der Waals surface area contributed by atoms with Crippen molar-refractivity contribution in [2.75, 3.05) is 42.7 Å². The molecule has 0 N–H and O–H groups in total. The van der Waals surface area contributed by atoms with Crippen LogP contribution in [-0.4, -0.2) is 48.4 Å². The Bertz CT molecular complexity index is 1160. The Morgan fingerprint density at radius 2 is 1.17 bits per heavy atom. The van der Waals surface area contributed by atoms with Crippen molar-refractivity contribution in [3.05, 3.63) is 70.8 Å². The maximum absolute atomic E-state index is 12.9. The van der Waals surface area contributed by atoms with Crippen molar-refractivity contribution in [1.82, 2.24) is 0 Å². The number of ether oxygens (including phenoxy) is 6. The van der Waals surface area contributed by atoms with E-state index in [1.807, 2.05) is 37.3 Å². The average Bonchev–Trinajstić information content (AvgIpc) is 3.24. The standard InChI is InChI=1S/C19H20O5.C9H12O2/c1-21-12-5-11(6-13(7-12)22-2)15-10-16-17(19(15)20)8-14(23-3)9-18(16)24-4;1-7-4-5-8(10-2)6-9(7)11-3/h5-9,15H,10H2,1-4H3;4-6H,1-3H3/t15-;/m0./s1. The molecule has 186 valence electrons. The molecule has 3 aromatic rings. The Balaban J connectivity index is 0.000000261. The fourth-order valence-corrected chi connectivity index (χ4v) is 4.06. The quantitative estimate of drug-likeness (QED) is 0.457. The molecule has 0 radical (unpaired) electrons. The van der Waals surface area contributed by atoms with Gasteiger partial charge >= 0.3 is 0 Å². The number of fused-ring (bicyclic) bond motifs is 1. The van der Waals surface area contributed by atoms with Crippen LogP contribution in [0.15, 0.2) is 48.5 Å². The van der Waals surface area contributed by atoms with Gasteiger partial charge in [0.25, 0.3) is 0 Å². The molecule has 3 aromatic carbocycles. The largest absolute Gasteiger partial charge is 0.497 e. The molecule has 1 aliphatic rings. The van der Waals surface area contributed by atoms with Crippen molar-refractivity contribution in [3.63, 3.8) is 0 Å². The Kier molecular flexibility index (Phi) is 8.47. The number of hydrogen-bond acceptors (Lipinski definition) is 7. The van der Waals surface area contributed by atoms with Crippen molar-refractivity contribution >= 4 is 5.78 Å². The van der Waals surface area contributed by atoms with E-state index in [9.17, 15) is 4.79 Å². The third-order valence-electron chi connectivity index (χ3n) is 6.02. The second-order valence-electron chi connectivity index (χ2n) is 7.96. The smallest absolute Gasteiger partial charge is 0.171 e. The minimum Gasteiger partial charge on any atom is -0.497 e. The molecule has 0 spiro atoms. The predicted octanol–water partition coefficient (Wildman–Crippen LogP) is 5.26. The van der Waals surface area contributed by atoms with Crippen LogP contribution in [0.3, 0.4) is 0 Å². The molecule has 0 aromatic heterocycles. The first-order valence-electron chi connectivity index (χ1n) is 11.1. The minimum absolute atomic E-state index is 0.0532. The maximum atomic E-state index is 12.9. The van der Waals surface area contributed by atoms with Gasteiger partial charge in [-0.2, -0.15) is 0 Å². The van der Waals surface area contributed by atoms with E-state index in [0.717, 1.165) is 28.2 Å². The fourth-order valence-electron chi connectivity index (χ4n) is 4.06. The molecule has 0 heterocycles. The summed E-state index contributed by atoms with van der Waals surface area (Å²) in [6, 6.07) is 14.9. The highest BCUT2D eigenvalue weighted by atomic mass is 16.5. The van der Waals surface area contributed by atoms with Crippen molar-refractivity contribution in [2.45, 2.75) is 19.3 Å². The third-order valence-corrected chi connectivity index (χ3v) is 6.02. The van der Waals surface area contributed by atoms with Crippen molar-refractivity contribution in [1.29, 1.82) is 0 Å². The second kappa shape index (κ2) is 11.5. The van der Waals surface area contributed by atoms with E-state index >= 15 is 0 Å². The summed E-state index contributed by atoms with van der Waals surface area (Å²) in [5, 5.41) is 0. The Morgan fingerprint density at radius 1 is 0.629 bits per heavy atom. The third kappa shape index (κ3) is 5.62. The van der Waals surface area contributed by atoms with Gasteiger partial charge in [-0.15, -0.1) is 0 Å². The average molecular weight is 481 g/mol. The highest BCUT2D eigenvalue weighted by molar-refractivity contribution is 6.06. The Hall–Kier alpha value is -3.87. The molecule has 7 nitrogen and oxygen atoms in total. The van der Waals surface area contributed by atoms with Crippen molar-refractivity contribution in [2.24, 2.45) is 0 Å². The molecule has 4 rings (SSSR count). The number of rotatable bonds is 7. The van der Waals surface area contributed by atoms with E-state index < -0.39 is 0 Å². The summed E-state index contributed by atoms with van der Waals surface area (Å²) in [6.45, 7) is 2.00. The number of methoxy groups -OCH3 is 6. The first kappa shape index (κ1) is 25.7. The number of Topliss-reactive ketones (excluding diaryl/α,β-unsaturated/α-hetero) is 1. The van der Waals surface area contributed by atoms with Crippen molar-refractivity contribution in [3.8, 4) is 34.5 Å². The molecule has 7 heteroatoms. The van der Waals surface area contributed by atoms with Crippen LogP contribution in [0, 0.1) is 6.92 Å². The zero-order valence-electron chi connectivity index (χ0n) is 21.3. The SMILES string of the molecule is COc1cc(OC)cc([C@@H]2Cc3c(OC)cc(OC)cc3C2=O)c1.COc1ccc(C)c(OC)c1. The van der Waals surface area contributed by atoms with Crippen LogP contribution in [0.5, 0.6) is 34.5 Å². The van der Waals surface area contributed by atoms with Crippen LogP contribution < -0.4 is 28.4 Å². The molecule has 1 aliphatic carbocycles. The lowest BCUT2D eigenvalue weighted by Crippen LogP contribution is -2.07. The van der Waals surface area contributed by atoms with Crippen LogP contribution >= 0.6 is 0 Å². The molecule has 0 amide bonds. The van der Waals surface area contributed by atoms with Crippen LogP contribution in [0.25, 0.3) is 0 Å². The summed E-state index contributed by atoms with van der Waals surface area (Å²) in [7, 11) is 9.66. The number of ketones is 1. The lowest BCUT2D eigenvalue weighted by atomic mass is 9.95. The van der Waals surface area contributed by atoms with Gasteiger partial charge in [0.2, 0.25) is 0 Å². The van der Waals surface area contributed by atoms with Gasteiger partial charge in [-0.25, -0.2) is 0 Å². The monoisotopic (exact) mass is 480 g/mol. The van der Waals surface area contributed by atoms with Gasteiger partial charge in [-0.1, -0.05) is 6.07 Å². The molecular formula is C28H32O7. The van der Waals surface area contributed by atoms with Crippen LogP contribution in [0.1, 0.15) is 33.0 Å². The lowest BCUT2D eigenvalue weighted by molar-refractivity contribution is 0.0972. The van der Waals surface area contributed by atoms with Crippen LogP contribution in [0.4, 0.5) is 0 Å². The topological polar surface area (TPSA) is 72.5 Å². The second-order valence-corrected chi connectivity index (χ2v) is 7.96. The fraction of sp³-hybridized carbons (Fsp3) is 0.321. The van der Waals surface area contributed by atoms with Crippen LogP contribution in [-0.2, 0) is 6.42 Å². The molecule has 0 saturated heterocycles. The van der Waals surface area contributed by atoms with Gasteiger partial charge in [0.1, 0.15) is 34.5 Å². The zero-order valence-corrected chi connectivity index (χ0v) is 21.3. The molecule has 0 aliphatic heterocycles. The van der Waals surface area contributed by atoms with E-state index in [0.29, 0.717) is 35.0 Å². The molecular weight excluding hydrogens is 448 g/mol.